The van der Waals surface area contributed by atoms with Crippen LogP contribution >= 0.6 is 0 Å². The molecule has 1 unspecified atom stereocenters. The highest BCUT2D eigenvalue weighted by atomic mass is 19.1. The lowest BCUT2D eigenvalue weighted by atomic mass is 9.88. The quantitative estimate of drug-likeness (QED) is 0.278. The lowest BCUT2D eigenvalue weighted by Gasteiger charge is -2.41. The number of carbonyl (C=O) groups excluding carboxylic acids is 2. The maximum absolute atomic E-state index is 14.1. The van der Waals surface area contributed by atoms with E-state index in [0.717, 1.165) is 24.8 Å². The highest BCUT2D eigenvalue weighted by molar-refractivity contribution is 5.99. The van der Waals surface area contributed by atoms with Crippen molar-refractivity contribution in [3.8, 4) is 5.75 Å². The molecule has 2 amide bonds. The Labute approximate surface area is 222 Å². The molecule has 1 fully saturated rings. The van der Waals surface area contributed by atoms with E-state index in [1.54, 1.807) is 6.92 Å². The third-order valence-corrected chi connectivity index (χ3v) is 7.35. The summed E-state index contributed by atoms with van der Waals surface area (Å²) in [5.41, 5.74) is -3.43. The highest BCUT2D eigenvalue weighted by Crippen LogP contribution is 2.40. The first-order valence-electron chi connectivity index (χ1n) is 12.8. The van der Waals surface area contributed by atoms with E-state index in [2.05, 4.69) is 5.32 Å². The summed E-state index contributed by atoms with van der Waals surface area (Å²) in [6.07, 6.45) is 2.65. The second-order valence-electron chi connectivity index (χ2n) is 10.0. The molecule has 0 saturated carbocycles. The molecule has 13 heteroatoms. The van der Waals surface area contributed by atoms with Crippen LogP contribution in [0.5, 0.6) is 5.75 Å². The summed E-state index contributed by atoms with van der Waals surface area (Å²) in [4.78, 5) is 52.6. The first-order valence-corrected chi connectivity index (χ1v) is 12.8. The van der Waals surface area contributed by atoms with Gasteiger partial charge in [-0.2, -0.15) is 0 Å². The van der Waals surface area contributed by atoms with Crippen LogP contribution in [0, 0.1) is 21.7 Å². The molecule has 0 aliphatic carbocycles. The summed E-state index contributed by atoms with van der Waals surface area (Å²) in [7, 11) is 0. The highest BCUT2D eigenvalue weighted by Gasteiger charge is 2.51. The molecule has 0 radical (unpaired) electrons. The van der Waals surface area contributed by atoms with Crippen molar-refractivity contribution in [2.75, 3.05) is 19.7 Å². The van der Waals surface area contributed by atoms with Crippen molar-refractivity contribution in [1.29, 1.82) is 0 Å². The normalized spacial score (nSPS) is 22.2. The summed E-state index contributed by atoms with van der Waals surface area (Å²) < 4.78 is 34.3. The van der Waals surface area contributed by atoms with E-state index in [1.807, 2.05) is 6.92 Å². The van der Waals surface area contributed by atoms with Crippen molar-refractivity contribution in [3.63, 3.8) is 0 Å². The van der Waals surface area contributed by atoms with Gasteiger partial charge in [-0.1, -0.05) is 19.4 Å². The van der Waals surface area contributed by atoms with Crippen molar-refractivity contribution in [2.24, 2.45) is 0 Å². The Morgan fingerprint density at radius 2 is 2.08 bits per heavy atom. The Morgan fingerprint density at radius 1 is 1.33 bits per heavy atom. The number of amides is 2. The molecule has 1 aromatic carbocycles. The first kappa shape index (κ1) is 28.1. The predicted molar refractivity (Wildman–Crippen MR) is 134 cm³/mol. The number of carbonyl (C=O) groups is 2. The molecular weight excluding hydrogens is 518 g/mol. The van der Waals surface area contributed by atoms with E-state index >= 15 is 0 Å². The van der Waals surface area contributed by atoms with E-state index in [1.165, 1.54) is 9.47 Å². The zero-order valence-corrected chi connectivity index (χ0v) is 21.6. The number of halogens is 2. The van der Waals surface area contributed by atoms with Gasteiger partial charge in [-0.15, -0.1) is 0 Å². The van der Waals surface area contributed by atoms with E-state index in [-0.39, 0.29) is 55.6 Å². The summed E-state index contributed by atoms with van der Waals surface area (Å²) in [5.74, 6) is -3.53. The summed E-state index contributed by atoms with van der Waals surface area (Å²) in [6, 6.07) is 1.42. The van der Waals surface area contributed by atoms with Crippen LogP contribution in [0.4, 0.5) is 8.78 Å². The van der Waals surface area contributed by atoms with Crippen molar-refractivity contribution < 1.29 is 33.1 Å². The zero-order valence-electron chi connectivity index (χ0n) is 21.6. The molecule has 4 rings (SSSR count). The monoisotopic (exact) mass is 548 g/mol. The molecular formula is C26H30F2N4O7. The number of nitrogens with zero attached hydrogens (tertiary/aromatic N) is 3. The van der Waals surface area contributed by atoms with Crippen LogP contribution < -0.4 is 15.5 Å². The number of aliphatic hydroxyl groups is 1. The minimum absolute atomic E-state index is 0.00651. The van der Waals surface area contributed by atoms with Gasteiger partial charge in [0.1, 0.15) is 17.2 Å². The number of unbranched alkanes of at least 4 members (excludes halogenated alkanes) is 1. The Kier molecular flexibility index (Phi) is 8.00. The molecule has 210 valence electrons. The lowest BCUT2D eigenvalue weighted by Crippen LogP contribution is -2.54. The van der Waals surface area contributed by atoms with Gasteiger partial charge in [-0.05, 0) is 32.3 Å². The number of benzene rings is 1. The average molecular weight is 549 g/mol. The molecule has 39 heavy (non-hydrogen) atoms. The fourth-order valence-corrected chi connectivity index (χ4v) is 5.10. The number of nitro groups is 1. The number of nitrogens with one attached hydrogen (secondary N) is 1. The van der Waals surface area contributed by atoms with E-state index < -0.39 is 57.6 Å². The fourth-order valence-electron chi connectivity index (χ4n) is 5.10. The maximum Gasteiger partial charge on any atom is 0.274 e. The largest absolute Gasteiger partial charge is 0.487 e. The molecule has 0 spiro atoms. The standard InChI is InChI=1S/C26H30F2N4O7/c1-3-4-9-39-23-21-25(35)30-13-20(26(36,14-32(37)38)8-7-15(30)2)31(21)12-18(22(23)33)24(34)29-11-16-5-6-17(27)10-19(16)28/h5-6,10,12,15,20,36H,3-4,7-9,11,13-14H2,1-2H3,(H,29,34)/t15-,20+,26?/m0/s1. The van der Waals surface area contributed by atoms with Crippen LogP contribution in [-0.2, 0) is 6.54 Å². The van der Waals surface area contributed by atoms with Gasteiger partial charge in [0.2, 0.25) is 12.0 Å². The van der Waals surface area contributed by atoms with Crippen LogP contribution in [-0.4, -0.2) is 62.7 Å². The van der Waals surface area contributed by atoms with Crippen LogP contribution in [0.1, 0.15) is 72.0 Å². The third-order valence-electron chi connectivity index (χ3n) is 7.35. The van der Waals surface area contributed by atoms with Gasteiger partial charge in [-0.25, -0.2) is 8.78 Å². The molecule has 11 nitrogen and oxygen atoms in total. The first-order chi connectivity index (χ1) is 18.5. The van der Waals surface area contributed by atoms with Crippen molar-refractivity contribution in [2.45, 2.75) is 63.8 Å². The molecule has 2 bridgehead atoms. The SMILES string of the molecule is CCCCOc1c2n(cc(C(=O)NCc3ccc(F)cc3F)c1=O)[C@@H]1CN(C2=O)[C@@H](C)CCC1(O)C[N+](=O)[O-]. The van der Waals surface area contributed by atoms with Gasteiger partial charge in [0, 0.05) is 41.9 Å². The smallest absolute Gasteiger partial charge is 0.274 e. The molecule has 2 aromatic rings. The molecule has 2 N–H and O–H groups in total. The van der Waals surface area contributed by atoms with Crippen molar-refractivity contribution in [1.82, 2.24) is 14.8 Å². The van der Waals surface area contributed by atoms with Gasteiger partial charge in [0.05, 0.1) is 12.6 Å². The summed E-state index contributed by atoms with van der Waals surface area (Å²) >= 11 is 0. The minimum atomic E-state index is -1.89. The van der Waals surface area contributed by atoms with E-state index in [9.17, 15) is 38.4 Å². The topological polar surface area (TPSA) is 144 Å². The number of hydrogen-bond acceptors (Lipinski definition) is 7. The second-order valence-corrected chi connectivity index (χ2v) is 10.0. The molecule has 3 heterocycles. The summed E-state index contributed by atoms with van der Waals surface area (Å²) in [6.45, 7) is 2.48. The van der Waals surface area contributed by atoms with Gasteiger partial charge in [0.15, 0.2) is 17.0 Å². The van der Waals surface area contributed by atoms with Crippen LogP contribution in [0.2, 0.25) is 0 Å². The van der Waals surface area contributed by atoms with E-state index in [0.29, 0.717) is 12.5 Å². The Hall–Kier alpha value is -3.87. The average Bonchev–Trinajstić information content (AvgIpc) is 2.98. The molecule has 3 atom stereocenters. The van der Waals surface area contributed by atoms with Crippen LogP contribution in [0.3, 0.4) is 0 Å². The Morgan fingerprint density at radius 3 is 2.74 bits per heavy atom. The van der Waals surface area contributed by atoms with Crippen molar-refractivity contribution >= 4 is 11.8 Å². The third kappa shape index (κ3) is 5.49. The van der Waals surface area contributed by atoms with Gasteiger partial charge in [0.25, 0.3) is 11.8 Å². The Bertz CT molecular complexity index is 1360. The number of hydrogen-bond donors (Lipinski definition) is 2. The molecule has 1 aromatic heterocycles. The van der Waals surface area contributed by atoms with Gasteiger partial charge < -0.3 is 24.6 Å². The summed E-state index contributed by atoms with van der Waals surface area (Å²) in [5, 5.41) is 25.4. The van der Waals surface area contributed by atoms with Gasteiger partial charge in [-0.3, -0.25) is 24.5 Å². The lowest BCUT2D eigenvalue weighted by molar-refractivity contribution is -0.503. The number of fused-ring (bicyclic) bond motifs is 4. The van der Waals surface area contributed by atoms with Crippen molar-refractivity contribution in [3.05, 3.63) is 73.2 Å². The minimum Gasteiger partial charge on any atom is -0.487 e. The number of aromatic nitrogens is 1. The number of pyridine rings is 1. The second kappa shape index (κ2) is 11.1. The molecule has 2 aliphatic rings. The van der Waals surface area contributed by atoms with E-state index in [4.69, 9.17) is 4.74 Å². The molecule has 2 aliphatic heterocycles. The number of ether oxygens (including phenoxy) is 1. The fraction of sp³-hybridized carbons (Fsp3) is 0.500. The number of rotatable bonds is 9. The van der Waals surface area contributed by atoms with Gasteiger partial charge >= 0.3 is 0 Å². The predicted octanol–water partition coefficient (Wildman–Crippen LogP) is 2.42. The Balaban J connectivity index is 1.82. The van der Waals surface area contributed by atoms with Crippen LogP contribution in [0.25, 0.3) is 0 Å². The maximum atomic E-state index is 14.1. The molecule has 1 saturated heterocycles. The van der Waals surface area contributed by atoms with Crippen LogP contribution in [0.15, 0.2) is 29.2 Å². The zero-order chi connectivity index (χ0) is 28.5.